The topological polar surface area (TPSA) is 38.5 Å². The Hall–Kier alpha value is -1.06. The van der Waals surface area contributed by atoms with E-state index in [0.29, 0.717) is 25.2 Å². The van der Waals surface area contributed by atoms with Gasteiger partial charge in [-0.25, -0.2) is 0 Å². The number of rotatable bonds is 7. The molecule has 19 heavy (non-hydrogen) atoms. The van der Waals surface area contributed by atoms with Crippen LogP contribution in [0.2, 0.25) is 0 Å². The van der Waals surface area contributed by atoms with Gasteiger partial charge >= 0.3 is 0 Å². The summed E-state index contributed by atoms with van der Waals surface area (Å²) >= 11 is 0. The van der Waals surface area contributed by atoms with Gasteiger partial charge in [-0.2, -0.15) is 0 Å². The Morgan fingerprint density at radius 2 is 1.79 bits per heavy atom. The fourth-order valence-corrected chi connectivity index (χ4v) is 2.38. The van der Waals surface area contributed by atoms with Crippen molar-refractivity contribution in [1.82, 2.24) is 4.90 Å². The monoisotopic (exact) mass is 264 g/mol. The van der Waals surface area contributed by atoms with Crippen LogP contribution in [0.15, 0.2) is 18.2 Å². The van der Waals surface area contributed by atoms with Gasteiger partial charge in [-0.05, 0) is 40.7 Å². The first-order chi connectivity index (χ1) is 8.95. The molecule has 0 amide bonds. The van der Waals surface area contributed by atoms with Gasteiger partial charge in [-0.15, -0.1) is 0 Å². The first-order valence-corrected chi connectivity index (χ1v) is 7.13. The molecule has 108 valence electrons. The summed E-state index contributed by atoms with van der Waals surface area (Å²) in [6.07, 6.45) is 0. The molecule has 0 unspecified atom stereocenters. The standard InChI is InChI=1S/C16H28N2O/c1-12(2)18(13(3)4)8-9-19-16-7-6-14(5)10-15(16)11-17/h6-7,10,12-13H,8-9,11,17H2,1-5H3. The minimum Gasteiger partial charge on any atom is -0.492 e. The summed E-state index contributed by atoms with van der Waals surface area (Å²) in [4.78, 5) is 2.43. The normalized spacial score (nSPS) is 11.6. The van der Waals surface area contributed by atoms with Crippen LogP contribution in [0.5, 0.6) is 5.75 Å². The van der Waals surface area contributed by atoms with E-state index in [1.165, 1.54) is 5.56 Å². The third-order valence-corrected chi connectivity index (χ3v) is 3.37. The molecule has 0 radical (unpaired) electrons. The molecule has 1 aromatic rings. The van der Waals surface area contributed by atoms with Gasteiger partial charge in [-0.3, -0.25) is 4.90 Å². The Kier molecular flexibility index (Phi) is 6.32. The molecule has 0 aliphatic heterocycles. The van der Waals surface area contributed by atoms with Crippen molar-refractivity contribution in [3.8, 4) is 5.75 Å². The predicted molar refractivity (Wildman–Crippen MR) is 81.5 cm³/mol. The van der Waals surface area contributed by atoms with E-state index in [9.17, 15) is 0 Å². The lowest BCUT2D eigenvalue weighted by Gasteiger charge is -2.30. The molecule has 0 bridgehead atoms. The first kappa shape index (κ1) is 16.0. The predicted octanol–water partition coefficient (Wildman–Crippen LogP) is 2.95. The van der Waals surface area contributed by atoms with E-state index < -0.39 is 0 Å². The van der Waals surface area contributed by atoms with Crippen LogP contribution < -0.4 is 10.5 Å². The molecule has 1 aromatic carbocycles. The van der Waals surface area contributed by atoms with Crippen LogP contribution in [-0.4, -0.2) is 30.1 Å². The number of hydrogen-bond acceptors (Lipinski definition) is 3. The summed E-state index contributed by atoms with van der Waals surface area (Å²) < 4.78 is 5.89. The number of benzene rings is 1. The minimum atomic E-state index is 0.523. The highest BCUT2D eigenvalue weighted by atomic mass is 16.5. The second-order valence-corrected chi connectivity index (χ2v) is 5.59. The van der Waals surface area contributed by atoms with Gasteiger partial charge < -0.3 is 10.5 Å². The fraction of sp³-hybridized carbons (Fsp3) is 0.625. The lowest BCUT2D eigenvalue weighted by Crippen LogP contribution is -2.39. The van der Waals surface area contributed by atoms with Crippen LogP contribution in [0.4, 0.5) is 0 Å². The van der Waals surface area contributed by atoms with E-state index in [1.54, 1.807) is 0 Å². The maximum absolute atomic E-state index is 5.89. The number of aryl methyl sites for hydroxylation is 1. The van der Waals surface area contributed by atoms with Gasteiger partial charge in [0.2, 0.25) is 0 Å². The van der Waals surface area contributed by atoms with Crippen LogP contribution in [0.3, 0.4) is 0 Å². The quantitative estimate of drug-likeness (QED) is 0.823. The summed E-state index contributed by atoms with van der Waals surface area (Å²) in [7, 11) is 0. The molecule has 0 spiro atoms. The first-order valence-electron chi connectivity index (χ1n) is 7.13. The third kappa shape index (κ3) is 4.84. The molecular formula is C16H28N2O. The van der Waals surface area contributed by atoms with E-state index in [-0.39, 0.29) is 0 Å². The number of nitrogens with two attached hydrogens (primary N) is 1. The average molecular weight is 264 g/mol. The van der Waals surface area contributed by atoms with Crippen LogP contribution >= 0.6 is 0 Å². The van der Waals surface area contributed by atoms with Crippen molar-refractivity contribution >= 4 is 0 Å². The van der Waals surface area contributed by atoms with Gasteiger partial charge in [-0.1, -0.05) is 17.7 Å². The zero-order valence-corrected chi connectivity index (χ0v) is 12.9. The van der Waals surface area contributed by atoms with Crippen molar-refractivity contribution in [2.45, 2.75) is 53.2 Å². The van der Waals surface area contributed by atoms with Gasteiger partial charge in [0, 0.05) is 30.7 Å². The second kappa shape index (κ2) is 7.51. The fourth-order valence-electron chi connectivity index (χ4n) is 2.38. The second-order valence-electron chi connectivity index (χ2n) is 5.59. The smallest absolute Gasteiger partial charge is 0.123 e. The maximum Gasteiger partial charge on any atom is 0.123 e. The Bertz CT molecular complexity index is 380. The zero-order valence-electron chi connectivity index (χ0n) is 12.9. The Morgan fingerprint density at radius 3 is 2.32 bits per heavy atom. The molecule has 0 aromatic heterocycles. The van der Waals surface area contributed by atoms with Crippen molar-refractivity contribution in [3.05, 3.63) is 29.3 Å². The Balaban J connectivity index is 2.57. The van der Waals surface area contributed by atoms with E-state index in [1.807, 2.05) is 6.07 Å². The molecule has 2 N–H and O–H groups in total. The van der Waals surface area contributed by atoms with Crippen LogP contribution in [0.1, 0.15) is 38.8 Å². The molecule has 3 heteroatoms. The summed E-state index contributed by atoms with van der Waals surface area (Å²) in [6, 6.07) is 7.26. The van der Waals surface area contributed by atoms with Gasteiger partial charge in [0.25, 0.3) is 0 Å². The molecule has 1 rings (SSSR count). The van der Waals surface area contributed by atoms with Crippen LogP contribution in [0.25, 0.3) is 0 Å². The summed E-state index contributed by atoms with van der Waals surface area (Å²) in [5.74, 6) is 0.917. The highest BCUT2D eigenvalue weighted by Gasteiger charge is 2.13. The van der Waals surface area contributed by atoms with Crippen LogP contribution in [-0.2, 0) is 6.54 Å². The molecule has 0 fully saturated rings. The maximum atomic E-state index is 5.89. The van der Waals surface area contributed by atoms with Crippen molar-refractivity contribution in [1.29, 1.82) is 0 Å². The number of hydrogen-bond donors (Lipinski definition) is 1. The molecule has 0 aliphatic carbocycles. The molecule has 0 saturated heterocycles. The SMILES string of the molecule is Cc1ccc(OCCN(C(C)C)C(C)C)c(CN)c1. The molecular weight excluding hydrogens is 236 g/mol. The molecule has 0 saturated carbocycles. The average Bonchev–Trinajstić information content (AvgIpc) is 2.34. The molecule has 3 nitrogen and oxygen atoms in total. The summed E-state index contributed by atoms with van der Waals surface area (Å²) in [6.45, 7) is 13.1. The van der Waals surface area contributed by atoms with E-state index in [0.717, 1.165) is 17.9 Å². The van der Waals surface area contributed by atoms with E-state index in [2.05, 4.69) is 51.7 Å². The summed E-state index contributed by atoms with van der Waals surface area (Å²) in [5, 5.41) is 0. The molecule has 0 aliphatic rings. The van der Waals surface area contributed by atoms with Crippen molar-refractivity contribution in [2.24, 2.45) is 5.73 Å². The van der Waals surface area contributed by atoms with Gasteiger partial charge in [0.05, 0.1) is 0 Å². The molecule has 0 atom stereocenters. The van der Waals surface area contributed by atoms with Crippen molar-refractivity contribution < 1.29 is 4.74 Å². The van der Waals surface area contributed by atoms with Gasteiger partial charge in [0.1, 0.15) is 12.4 Å². The largest absolute Gasteiger partial charge is 0.492 e. The number of nitrogens with zero attached hydrogens (tertiary/aromatic N) is 1. The van der Waals surface area contributed by atoms with Gasteiger partial charge in [0.15, 0.2) is 0 Å². The third-order valence-electron chi connectivity index (χ3n) is 3.37. The van der Waals surface area contributed by atoms with Crippen molar-refractivity contribution in [3.63, 3.8) is 0 Å². The highest BCUT2D eigenvalue weighted by molar-refractivity contribution is 5.36. The van der Waals surface area contributed by atoms with Crippen molar-refractivity contribution in [2.75, 3.05) is 13.2 Å². The molecule has 0 heterocycles. The Labute approximate surface area is 117 Å². The van der Waals surface area contributed by atoms with E-state index in [4.69, 9.17) is 10.5 Å². The van der Waals surface area contributed by atoms with Crippen LogP contribution in [0, 0.1) is 6.92 Å². The highest BCUT2D eigenvalue weighted by Crippen LogP contribution is 2.19. The Morgan fingerprint density at radius 1 is 1.16 bits per heavy atom. The lowest BCUT2D eigenvalue weighted by atomic mass is 10.1. The summed E-state index contributed by atoms with van der Waals surface area (Å²) in [5.41, 5.74) is 8.06. The number of ether oxygens (including phenoxy) is 1. The minimum absolute atomic E-state index is 0.523. The lowest BCUT2D eigenvalue weighted by molar-refractivity contribution is 0.141. The van der Waals surface area contributed by atoms with E-state index >= 15 is 0 Å². The zero-order chi connectivity index (χ0) is 14.4.